The van der Waals surface area contributed by atoms with E-state index >= 15 is 0 Å². The minimum absolute atomic E-state index is 0.211. The number of imidazole rings is 1. The summed E-state index contributed by atoms with van der Waals surface area (Å²) in [6.45, 7) is 7.26. The highest BCUT2D eigenvalue weighted by Crippen LogP contribution is 2.37. The molecule has 1 aliphatic heterocycles. The summed E-state index contributed by atoms with van der Waals surface area (Å²) in [4.78, 5) is 4.73. The van der Waals surface area contributed by atoms with Crippen LogP contribution in [0.5, 0.6) is 11.5 Å². The lowest BCUT2D eigenvalue weighted by atomic mass is 10.2. The maximum atomic E-state index is 5.83. The van der Waals surface area contributed by atoms with E-state index in [1.807, 2.05) is 12.1 Å². The van der Waals surface area contributed by atoms with Crippen molar-refractivity contribution >= 4 is 11.0 Å². The van der Waals surface area contributed by atoms with Crippen molar-refractivity contribution in [3.05, 3.63) is 18.0 Å². The fourth-order valence-electron chi connectivity index (χ4n) is 2.48. The molecule has 0 radical (unpaired) electrons. The third kappa shape index (κ3) is 1.85. The van der Waals surface area contributed by atoms with Gasteiger partial charge < -0.3 is 19.8 Å². The molecule has 2 N–H and O–H groups in total. The highest BCUT2D eigenvalue weighted by molar-refractivity contribution is 5.81. The van der Waals surface area contributed by atoms with Crippen LogP contribution in [-0.2, 0) is 0 Å². The Bertz CT molecular complexity index is 619. The highest BCUT2D eigenvalue weighted by atomic mass is 16.7. The molecule has 102 valence electrons. The molecule has 1 unspecified atom stereocenters. The van der Waals surface area contributed by atoms with Crippen molar-refractivity contribution < 1.29 is 9.47 Å². The average Bonchev–Trinajstić information content (AvgIpc) is 2.97. The van der Waals surface area contributed by atoms with Crippen LogP contribution < -0.4 is 15.2 Å². The van der Waals surface area contributed by atoms with Crippen molar-refractivity contribution in [3.8, 4) is 11.5 Å². The molecule has 1 aromatic heterocycles. The van der Waals surface area contributed by atoms with E-state index in [0.717, 1.165) is 28.4 Å². The molecule has 1 aliphatic rings. The second kappa shape index (κ2) is 4.42. The Balaban J connectivity index is 2.26. The zero-order valence-corrected chi connectivity index (χ0v) is 11.5. The second-order valence-electron chi connectivity index (χ2n) is 5.27. The predicted octanol–water partition coefficient (Wildman–Crippen LogP) is 2.41. The molecule has 0 saturated carbocycles. The first-order valence-electron chi connectivity index (χ1n) is 6.63. The molecule has 2 heterocycles. The molecule has 1 aromatic carbocycles. The number of aromatic nitrogens is 2. The van der Waals surface area contributed by atoms with Crippen molar-refractivity contribution in [3.63, 3.8) is 0 Å². The van der Waals surface area contributed by atoms with Gasteiger partial charge in [-0.15, -0.1) is 0 Å². The zero-order chi connectivity index (χ0) is 13.6. The third-order valence-corrected chi connectivity index (χ3v) is 3.51. The molecule has 3 rings (SSSR count). The summed E-state index contributed by atoms with van der Waals surface area (Å²) in [5.74, 6) is 2.95. The molecule has 5 nitrogen and oxygen atoms in total. The number of nitrogens with two attached hydrogens (primary N) is 1. The van der Waals surface area contributed by atoms with E-state index in [-0.39, 0.29) is 12.8 Å². The first-order chi connectivity index (χ1) is 9.11. The van der Waals surface area contributed by atoms with Gasteiger partial charge in [0.25, 0.3) is 0 Å². The fraction of sp³-hybridized carbons (Fsp3) is 0.500. The summed E-state index contributed by atoms with van der Waals surface area (Å²) in [6, 6.07) is 4.16. The maximum Gasteiger partial charge on any atom is 0.231 e. The summed E-state index contributed by atoms with van der Waals surface area (Å²) in [5.41, 5.74) is 7.83. The lowest BCUT2D eigenvalue weighted by Crippen LogP contribution is -2.18. The van der Waals surface area contributed by atoms with Crippen LogP contribution in [0.3, 0.4) is 0 Å². The van der Waals surface area contributed by atoms with Gasteiger partial charge in [-0.1, -0.05) is 13.8 Å². The first kappa shape index (κ1) is 12.3. The Morgan fingerprint density at radius 2 is 1.95 bits per heavy atom. The lowest BCUT2D eigenvalue weighted by molar-refractivity contribution is 0.174. The normalized spacial score (nSPS) is 15.4. The van der Waals surface area contributed by atoms with Gasteiger partial charge in [-0.05, 0) is 6.92 Å². The number of hydrogen-bond acceptors (Lipinski definition) is 4. The Hall–Kier alpha value is -1.75. The van der Waals surface area contributed by atoms with E-state index in [4.69, 9.17) is 20.2 Å². The molecule has 19 heavy (non-hydrogen) atoms. The topological polar surface area (TPSA) is 62.3 Å². The van der Waals surface area contributed by atoms with Crippen molar-refractivity contribution in [2.24, 2.45) is 5.73 Å². The van der Waals surface area contributed by atoms with E-state index in [1.165, 1.54) is 0 Å². The summed E-state index contributed by atoms with van der Waals surface area (Å²) in [6.07, 6.45) is 0. The summed E-state index contributed by atoms with van der Waals surface area (Å²) >= 11 is 0. The summed E-state index contributed by atoms with van der Waals surface area (Å²) in [7, 11) is 0. The maximum absolute atomic E-state index is 5.83. The van der Waals surface area contributed by atoms with Crippen LogP contribution in [-0.4, -0.2) is 22.9 Å². The van der Waals surface area contributed by atoms with Gasteiger partial charge in [-0.3, -0.25) is 0 Å². The standard InChI is InChI=1S/C14H19N3O2/c1-8(2)14-16-10-4-12-13(19-7-18-12)5-11(10)17(14)9(3)6-15/h4-5,8-9H,6-7,15H2,1-3H3. The average molecular weight is 261 g/mol. The number of rotatable bonds is 3. The Morgan fingerprint density at radius 1 is 1.26 bits per heavy atom. The molecular formula is C14H19N3O2. The zero-order valence-electron chi connectivity index (χ0n) is 11.5. The van der Waals surface area contributed by atoms with Gasteiger partial charge in [0.1, 0.15) is 5.82 Å². The Morgan fingerprint density at radius 3 is 2.58 bits per heavy atom. The van der Waals surface area contributed by atoms with Crippen LogP contribution >= 0.6 is 0 Å². The van der Waals surface area contributed by atoms with Crippen molar-refractivity contribution in [1.29, 1.82) is 0 Å². The fourth-order valence-corrected chi connectivity index (χ4v) is 2.48. The minimum atomic E-state index is 0.211. The molecule has 0 amide bonds. The van der Waals surface area contributed by atoms with Crippen LogP contribution in [0.4, 0.5) is 0 Å². The number of benzene rings is 1. The van der Waals surface area contributed by atoms with Crippen molar-refractivity contribution in [1.82, 2.24) is 9.55 Å². The molecule has 1 atom stereocenters. The van der Waals surface area contributed by atoms with E-state index in [0.29, 0.717) is 12.5 Å². The molecule has 0 aliphatic carbocycles. The molecular weight excluding hydrogens is 242 g/mol. The molecule has 0 bridgehead atoms. The minimum Gasteiger partial charge on any atom is -0.454 e. The first-order valence-corrected chi connectivity index (χ1v) is 6.63. The van der Waals surface area contributed by atoms with Crippen molar-refractivity contribution in [2.45, 2.75) is 32.7 Å². The lowest BCUT2D eigenvalue weighted by Gasteiger charge is -2.17. The van der Waals surface area contributed by atoms with Gasteiger partial charge in [0.2, 0.25) is 6.79 Å². The van der Waals surface area contributed by atoms with Crippen LogP contribution in [0.25, 0.3) is 11.0 Å². The Labute approximate surface area is 112 Å². The van der Waals surface area contributed by atoms with Gasteiger partial charge in [0, 0.05) is 30.6 Å². The van der Waals surface area contributed by atoms with Gasteiger partial charge >= 0.3 is 0 Å². The SMILES string of the molecule is CC(C)c1nc2cc3c(cc2n1C(C)CN)OCO3. The predicted molar refractivity (Wildman–Crippen MR) is 73.7 cm³/mol. The smallest absolute Gasteiger partial charge is 0.231 e. The second-order valence-corrected chi connectivity index (χ2v) is 5.27. The monoisotopic (exact) mass is 261 g/mol. The van der Waals surface area contributed by atoms with E-state index in [2.05, 4.69) is 25.3 Å². The summed E-state index contributed by atoms with van der Waals surface area (Å²) in [5, 5.41) is 0. The molecule has 2 aromatic rings. The number of ether oxygens (including phenoxy) is 2. The van der Waals surface area contributed by atoms with Crippen molar-refractivity contribution in [2.75, 3.05) is 13.3 Å². The van der Waals surface area contributed by atoms with E-state index < -0.39 is 0 Å². The summed E-state index contributed by atoms with van der Waals surface area (Å²) < 4.78 is 13.1. The van der Waals surface area contributed by atoms with Gasteiger partial charge in [0.05, 0.1) is 11.0 Å². The van der Waals surface area contributed by atoms with Crippen LogP contribution in [0.15, 0.2) is 12.1 Å². The molecule has 5 heteroatoms. The van der Waals surface area contributed by atoms with E-state index in [9.17, 15) is 0 Å². The van der Waals surface area contributed by atoms with Gasteiger partial charge in [0.15, 0.2) is 11.5 Å². The van der Waals surface area contributed by atoms with Crippen LogP contribution in [0.2, 0.25) is 0 Å². The Kier molecular flexibility index (Phi) is 2.86. The largest absolute Gasteiger partial charge is 0.454 e. The number of hydrogen-bond donors (Lipinski definition) is 1. The van der Waals surface area contributed by atoms with Gasteiger partial charge in [-0.2, -0.15) is 0 Å². The molecule has 0 saturated heterocycles. The highest BCUT2D eigenvalue weighted by Gasteiger charge is 2.22. The van der Waals surface area contributed by atoms with E-state index in [1.54, 1.807) is 0 Å². The van der Waals surface area contributed by atoms with Crippen LogP contribution in [0.1, 0.15) is 38.6 Å². The number of fused-ring (bicyclic) bond motifs is 2. The molecule has 0 spiro atoms. The quantitative estimate of drug-likeness (QED) is 0.921. The van der Waals surface area contributed by atoms with Crippen LogP contribution in [0, 0.1) is 0 Å². The third-order valence-electron chi connectivity index (χ3n) is 3.51. The molecule has 0 fully saturated rings. The van der Waals surface area contributed by atoms with Gasteiger partial charge in [-0.25, -0.2) is 4.98 Å². The number of nitrogens with zero attached hydrogens (tertiary/aromatic N) is 2.